The van der Waals surface area contributed by atoms with Gasteiger partial charge in [0.2, 0.25) is 0 Å². The van der Waals surface area contributed by atoms with Crippen LogP contribution in [0.3, 0.4) is 0 Å². The summed E-state index contributed by atoms with van der Waals surface area (Å²) in [6.45, 7) is 2.14. The number of fused-ring (bicyclic) bond motifs is 3. The summed E-state index contributed by atoms with van der Waals surface area (Å²) in [4.78, 5) is 0. The van der Waals surface area contributed by atoms with E-state index in [9.17, 15) is 8.78 Å². The van der Waals surface area contributed by atoms with E-state index in [1.165, 1.54) is 23.3 Å². The maximum Gasteiger partial charge on any atom is 0.131 e. The number of rotatable bonds is 2. The molecule has 0 radical (unpaired) electrons. The molecule has 0 spiro atoms. The van der Waals surface area contributed by atoms with Crippen LogP contribution >= 0.6 is 0 Å². The van der Waals surface area contributed by atoms with Gasteiger partial charge in [0, 0.05) is 5.56 Å². The Morgan fingerprint density at radius 1 is 0.783 bits per heavy atom. The maximum absolute atomic E-state index is 14.6. The largest absolute Gasteiger partial charge is 0.207 e. The number of aryl methyl sites for hydroxylation is 1. The van der Waals surface area contributed by atoms with Crippen LogP contribution in [0.2, 0.25) is 0 Å². The van der Waals surface area contributed by atoms with Crippen molar-refractivity contribution >= 4 is 0 Å². The van der Waals surface area contributed by atoms with Crippen LogP contribution < -0.4 is 0 Å². The van der Waals surface area contributed by atoms with Gasteiger partial charge in [-0.2, -0.15) is 0 Å². The zero-order valence-electron chi connectivity index (χ0n) is 12.9. The molecule has 0 atom stereocenters. The van der Waals surface area contributed by atoms with E-state index >= 15 is 0 Å². The van der Waals surface area contributed by atoms with Gasteiger partial charge in [-0.15, -0.1) is 0 Å². The molecule has 0 saturated heterocycles. The van der Waals surface area contributed by atoms with E-state index in [2.05, 4.69) is 25.1 Å². The molecule has 0 aromatic heterocycles. The molecule has 1 aliphatic carbocycles. The summed E-state index contributed by atoms with van der Waals surface area (Å²) >= 11 is 0. The SMILES string of the molecule is CCc1ccc2c(c1)Cc1cc(-c3ccc(F)cc3)c(F)cc1-2. The summed E-state index contributed by atoms with van der Waals surface area (Å²) in [5.74, 6) is -0.572. The van der Waals surface area contributed by atoms with Crippen LogP contribution in [0.15, 0.2) is 54.6 Å². The van der Waals surface area contributed by atoms with Crippen LogP contribution in [-0.4, -0.2) is 0 Å². The van der Waals surface area contributed by atoms with Crippen LogP contribution in [-0.2, 0) is 12.8 Å². The number of halogens is 2. The third kappa shape index (κ3) is 2.35. The van der Waals surface area contributed by atoms with Gasteiger partial charge in [-0.05, 0) is 70.5 Å². The zero-order chi connectivity index (χ0) is 16.0. The van der Waals surface area contributed by atoms with Crippen molar-refractivity contribution in [3.63, 3.8) is 0 Å². The average molecular weight is 306 g/mol. The highest BCUT2D eigenvalue weighted by Crippen LogP contribution is 2.40. The summed E-state index contributed by atoms with van der Waals surface area (Å²) in [6.07, 6.45) is 1.83. The van der Waals surface area contributed by atoms with E-state index in [-0.39, 0.29) is 11.6 Å². The third-order valence-corrected chi connectivity index (χ3v) is 4.60. The molecule has 0 bridgehead atoms. The molecule has 1 aliphatic rings. The van der Waals surface area contributed by atoms with Crippen molar-refractivity contribution in [2.24, 2.45) is 0 Å². The lowest BCUT2D eigenvalue weighted by molar-refractivity contribution is 0.625. The Hall–Kier alpha value is -2.48. The van der Waals surface area contributed by atoms with Crippen molar-refractivity contribution in [1.82, 2.24) is 0 Å². The quantitative estimate of drug-likeness (QED) is 0.441. The fourth-order valence-electron chi connectivity index (χ4n) is 3.35. The molecule has 2 heteroatoms. The van der Waals surface area contributed by atoms with Crippen molar-refractivity contribution in [2.75, 3.05) is 0 Å². The summed E-state index contributed by atoms with van der Waals surface area (Å²) in [5.41, 5.74) is 7.04. The Morgan fingerprint density at radius 3 is 2.26 bits per heavy atom. The minimum Gasteiger partial charge on any atom is -0.207 e. The van der Waals surface area contributed by atoms with Gasteiger partial charge in [0.15, 0.2) is 0 Å². The standard InChI is InChI=1S/C21H16F2/c1-2-13-3-8-18-15(9-13)10-16-11-20(21(23)12-19(16)18)14-4-6-17(22)7-5-14/h3-9,11-12H,2,10H2,1H3. The second-order valence-electron chi connectivity index (χ2n) is 6.02. The first kappa shape index (κ1) is 14.1. The summed E-state index contributed by atoms with van der Waals surface area (Å²) in [5, 5.41) is 0. The second-order valence-corrected chi connectivity index (χ2v) is 6.02. The monoisotopic (exact) mass is 306 g/mol. The predicted molar refractivity (Wildman–Crippen MR) is 89.4 cm³/mol. The number of hydrogen-bond donors (Lipinski definition) is 0. The van der Waals surface area contributed by atoms with Gasteiger partial charge in [0.05, 0.1) is 0 Å². The van der Waals surface area contributed by atoms with Crippen molar-refractivity contribution in [2.45, 2.75) is 19.8 Å². The van der Waals surface area contributed by atoms with Gasteiger partial charge < -0.3 is 0 Å². The predicted octanol–water partition coefficient (Wildman–Crippen LogP) is 5.77. The lowest BCUT2D eigenvalue weighted by atomic mass is 9.98. The van der Waals surface area contributed by atoms with Gasteiger partial charge in [-0.25, -0.2) is 8.78 Å². The lowest BCUT2D eigenvalue weighted by Crippen LogP contribution is -1.89. The molecule has 0 amide bonds. The first-order chi connectivity index (χ1) is 11.2. The molecule has 0 nitrogen and oxygen atoms in total. The average Bonchev–Trinajstić information content (AvgIpc) is 2.91. The zero-order valence-corrected chi connectivity index (χ0v) is 12.9. The van der Waals surface area contributed by atoms with Gasteiger partial charge in [-0.1, -0.05) is 37.3 Å². The Morgan fingerprint density at radius 2 is 1.52 bits per heavy atom. The molecule has 0 aliphatic heterocycles. The molecule has 114 valence electrons. The van der Waals surface area contributed by atoms with E-state index in [4.69, 9.17) is 0 Å². The first-order valence-corrected chi connectivity index (χ1v) is 7.86. The fraction of sp³-hybridized carbons (Fsp3) is 0.143. The molecule has 0 N–H and O–H groups in total. The van der Waals surface area contributed by atoms with Gasteiger partial charge in [0.1, 0.15) is 11.6 Å². The number of hydrogen-bond acceptors (Lipinski definition) is 0. The summed E-state index contributed by atoms with van der Waals surface area (Å²) in [6, 6.07) is 15.9. The molecule has 23 heavy (non-hydrogen) atoms. The van der Waals surface area contributed by atoms with E-state index in [1.807, 2.05) is 6.07 Å². The first-order valence-electron chi connectivity index (χ1n) is 7.86. The van der Waals surface area contributed by atoms with E-state index in [1.54, 1.807) is 18.2 Å². The lowest BCUT2D eigenvalue weighted by Gasteiger charge is -2.08. The van der Waals surface area contributed by atoms with Gasteiger partial charge in [-0.3, -0.25) is 0 Å². The number of benzene rings is 3. The molecular weight excluding hydrogens is 290 g/mol. The van der Waals surface area contributed by atoms with E-state index in [0.29, 0.717) is 11.1 Å². The van der Waals surface area contributed by atoms with E-state index < -0.39 is 0 Å². The molecule has 3 aromatic carbocycles. The Kier molecular flexibility index (Phi) is 3.26. The molecule has 0 unspecified atom stereocenters. The minimum atomic E-state index is -0.310. The Labute approximate surface area is 134 Å². The van der Waals surface area contributed by atoms with Crippen LogP contribution in [0.5, 0.6) is 0 Å². The van der Waals surface area contributed by atoms with E-state index in [0.717, 1.165) is 29.5 Å². The summed E-state index contributed by atoms with van der Waals surface area (Å²) in [7, 11) is 0. The molecule has 4 rings (SSSR count). The van der Waals surface area contributed by atoms with Gasteiger partial charge >= 0.3 is 0 Å². The summed E-state index contributed by atoms with van der Waals surface area (Å²) < 4.78 is 27.7. The normalized spacial score (nSPS) is 12.1. The Bertz CT molecular complexity index is 892. The van der Waals surface area contributed by atoms with Crippen molar-refractivity contribution < 1.29 is 8.78 Å². The smallest absolute Gasteiger partial charge is 0.131 e. The second kappa shape index (κ2) is 5.31. The van der Waals surface area contributed by atoms with Crippen molar-refractivity contribution in [3.05, 3.63) is 82.9 Å². The molecule has 0 saturated carbocycles. The highest BCUT2D eigenvalue weighted by molar-refractivity contribution is 5.80. The van der Waals surface area contributed by atoms with Crippen LogP contribution in [0.1, 0.15) is 23.6 Å². The van der Waals surface area contributed by atoms with Crippen LogP contribution in [0.4, 0.5) is 8.78 Å². The third-order valence-electron chi connectivity index (χ3n) is 4.60. The minimum absolute atomic E-state index is 0.261. The fourth-order valence-corrected chi connectivity index (χ4v) is 3.35. The van der Waals surface area contributed by atoms with Crippen LogP contribution in [0, 0.1) is 11.6 Å². The maximum atomic E-state index is 14.6. The Balaban J connectivity index is 1.82. The van der Waals surface area contributed by atoms with Crippen LogP contribution in [0.25, 0.3) is 22.3 Å². The highest BCUT2D eigenvalue weighted by Gasteiger charge is 2.21. The molecular formula is C21H16F2. The van der Waals surface area contributed by atoms with Crippen molar-refractivity contribution in [1.29, 1.82) is 0 Å². The topological polar surface area (TPSA) is 0 Å². The molecule has 0 fully saturated rings. The molecule has 3 aromatic rings. The van der Waals surface area contributed by atoms with Crippen molar-refractivity contribution in [3.8, 4) is 22.3 Å². The highest BCUT2D eigenvalue weighted by atomic mass is 19.1. The van der Waals surface area contributed by atoms with Gasteiger partial charge in [0.25, 0.3) is 0 Å². The molecule has 0 heterocycles.